The highest BCUT2D eigenvalue weighted by molar-refractivity contribution is 5.59. The standard InChI is InChI=1S/C14H16F3N3/c1-3-10-8-11(4-2)20(19-10)13-6-5-9(7-12(13)18)14(15,16)17/h5-8H,3-4,18H2,1-2H3. The summed E-state index contributed by atoms with van der Waals surface area (Å²) in [4.78, 5) is 0. The van der Waals surface area contributed by atoms with E-state index in [1.807, 2.05) is 19.9 Å². The second kappa shape index (κ2) is 5.19. The van der Waals surface area contributed by atoms with Gasteiger partial charge >= 0.3 is 6.18 Å². The number of aryl methyl sites for hydroxylation is 2. The molecule has 0 fully saturated rings. The van der Waals surface area contributed by atoms with Crippen molar-refractivity contribution in [2.24, 2.45) is 0 Å². The van der Waals surface area contributed by atoms with E-state index in [9.17, 15) is 13.2 Å². The number of rotatable bonds is 3. The largest absolute Gasteiger partial charge is 0.416 e. The lowest BCUT2D eigenvalue weighted by Crippen LogP contribution is -2.09. The van der Waals surface area contributed by atoms with Crippen molar-refractivity contribution in [1.29, 1.82) is 0 Å². The summed E-state index contributed by atoms with van der Waals surface area (Å²) in [5, 5.41) is 4.38. The minimum Gasteiger partial charge on any atom is -0.397 e. The number of hydrogen-bond donors (Lipinski definition) is 1. The second-order valence-electron chi connectivity index (χ2n) is 4.52. The van der Waals surface area contributed by atoms with E-state index >= 15 is 0 Å². The van der Waals surface area contributed by atoms with Crippen LogP contribution in [0.1, 0.15) is 30.8 Å². The van der Waals surface area contributed by atoms with Crippen LogP contribution in [0, 0.1) is 0 Å². The molecule has 3 nitrogen and oxygen atoms in total. The van der Waals surface area contributed by atoms with Gasteiger partial charge in [-0.2, -0.15) is 18.3 Å². The van der Waals surface area contributed by atoms with Gasteiger partial charge in [-0.3, -0.25) is 0 Å². The van der Waals surface area contributed by atoms with Gasteiger partial charge in [0.05, 0.1) is 22.6 Å². The minimum absolute atomic E-state index is 0.0697. The predicted molar refractivity (Wildman–Crippen MR) is 71.7 cm³/mol. The molecule has 6 heteroatoms. The van der Waals surface area contributed by atoms with Gasteiger partial charge in [-0.1, -0.05) is 13.8 Å². The van der Waals surface area contributed by atoms with Gasteiger partial charge < -0.3 is 5.73 Å². The van der Waals surface area contributed by atoms with Gasteiger partial charge in [0, 0.05) is 5.69 Å². The van der Waals surface area contributed by atoms with Crippen LogP contribution in [0.3, 0.4) is 0 Å². The molecule has 0 spiro atoms. The van der Waals surface area contributed by atoms with Crippen molar-refractivity contribution in [2.75, 3.05) is 5.73 Å². The third-order valence-electron chi connectivity index (χ3n) is 3.14. The number of benzene rings is 1. The van der Waals surface area contributed by atoms with Crippen LogP contribution in [0.5, 0.6) is 0 Å². The summed E-state index contributed by atoms with van der Waals surface area (Å²) in [6.07, 6.45) is -2.90. The molecule has 0 saturated heterocycles. The molecule has 0 aliphatic rings. The molecule has 0 atom stereocenters. The van der Waals surface area contributed by atoms with Crippen LogP contribution in [0.25, 0.3) is 5.69 Å². The third-order valence-corrected chi connectivity index (χ3v) is 3.14. The van der Waals surface area contributed by atoms with Crippen molar-refractivity contribution >= 4 is 5.69 Å². The molecule has 1 aromatic carbocycles. The smallest absolute Gasteiger partial charge is 0.397 e. The fourth-order valence-corrected chi connectivity index (χ4v) is 2.03. The Hall–Kier alpha value is -1.98. The molecule has 0 radical (unpaired) electrons. The number of halogens is 3. The average Bonchev–Trinajstić information content (AvgIpc) is 2.80. The van der Waals surface area contributed by atoms with Crippen molar-refractivity contribution in [1.82, 2.24) is 9.78 Å². The van der Waals surface area contributed by atoms with E-state index in [1.165, 1.54) is 6.07 Å². The van der Waals surface area contributed by atoms with Gasteiger partial charge in [0.15, 0.2) is 0 Å². The molecule has 0 bridgehead atoms. The van der Waals surface area contributed by atoms with Crippen LogP contribution >= 0.6 is 0 Å². The molecular weight excluding hydrogens is 267 g/mol. The molecule has 0 aliphatic carbocycles. The van der Waals surface area contributed by atoms with E-state index in [2.05, 4.69) is 5.10 Å². The molecule has 20 heavy (non-hydrogen) atoms. The zero-order valence-electron chi connectivity index (χ0n) is 11.3. The van der Waals surface area contributed by atoms with Crippen LogP contribution in [0.2, 0.25) is 0 Å². The monoisotopic (exact) mass is 283 g/mol. The zero-order valence-corrected chi connectivity index (χ0v) is 11.3. The van der Waals surface area contributed by atoms with E-state index in [0.717, 1.165) is 36.4 Å². The lowest BCUT2D eigenvalue weighted by molar-refractivity contribution is -0.137. The summed E-state index contributed by atoms with van der Waals surface area (Å²) < 4.78 is 39.5. The van der Waals surface area contributed by atoms with Crippen LogP contribution in [0.15, 0.2) is 24.3 Å². The number of hydrogen-bond acceptors (Lipinski definition) is 2. The van der Waals surface area contributed by atoms with Gasteiger partial charge in [0.25, 0.3) is 0 Å². The molecule has 2 N–H and O–H groups in total. The van der Waals surface area contributed by atoms with Crippen molar-refractivity contribution in [3.63, 3.8) is 0 Å². The Bertz CT molecular complexity index is 615. The van der Waals surface area contributed by atoms with E-state index in [1.54, 1.807) is 4.68 Å². The van der Waals surface area contributed by atoms with E-state index in [4.69, 9.17) is 5.73 Å². The maximum atomic E-state index is 12.6. The Morgan fingerprint density at radius 3 is 2.35 bits per heavy atom. The first-order valence-corrected chi connectivity index (χ1v) is 6.41. The molecule has 2 rings (SSSR count). The quantitative estimate of drug-likeness (QED) is 0.875. The van der Waals surface area contributed by atoms with Crippen molar-refractivity contribution in [3.8, 4) is 5.69 Å². The summed E-state index contributed by atoms with van der Waals surface area (Å²) in [6, 6.07) is 5.28. The molecule has 1 heterocycles. The number of nitrogens with two attached hydrogens (primary N) is 1. The van der Waals surface area contributed by atoms with Gasteiger partial charge in [0.2, 0.25) is 0 Å². The highest BCUT2D eigenvalue weighted by atomic mass is 19.4. The Morgan fingerprint density at radius 1 is 1.15 bits per heavy atom. The topological polar surface area (TPSA) is 43.8 Å². The van der Waals surface area contributed by atoms with E-state index in [0.29, 0.717) is 5.69 Å². The maximum Gasteiger partial charge on any atom is 0.416 e. The van der Waals surface area contributed by atoms with Crippen LogP contribution in [-0.4, -0.2) is 9.78 Å². The van der Waals surface area contributed by atoms with Crippen LogP contribution in [0.4, 0.5) is 18.9 Å². The Kier molecular flexibility index (Phi) is 3.74. The number of anilines is 1. The fourth-order valence-electron chi connectivity index (χ4n) is 2.03. The van der Waals surface area contributed by atoms with Crippen molar-refractivity contribution < 1.29 is 13.2 Å². The summed E-state index contributed by atoms with van der Waals surface area (Å²) in [7, 11) is 0. The second-order valence-corrected chi connectivity index (χ2v) is 4.52. The lowest BCUT2D eigenvalue weighted by Gasteiger charge is -2.12. The highest BCUT2D eigenvalue weighted by Crippen LogP contribution is 2.32. The highest BCUT2D eigenvalue weighted by Gasteiger charge is 2.31. The van der Waals surface area contributed by atoms with E-state index < -0.39 is 11.7 Å². The SMILES string of the molecule is CCc1cc(CC)n(-c2ccc(C(F)(F)F)cc2N)n1. The van der Waals surface area contributed by atoms with E-state index in [-0.39, 0.29) is 5.69 Å². The fraction of sp³-hybridized carbons (Fsp3) is 0.357. The summed E-state index contributed by atoms with van der Waals surface area (Å²) >= 11 is 0. The van der Waals surface area contributed by atoms with Crippen molar-refractivity contribution in [3.05, 3.63) is 41.2 Å². The Balaban J connectivity index is 2.51. The van der Waals surface area contributed by atoms with Crippen LogP contribution < -0.4 is 5.73 Å². The van der Waals surface area contributed by atoms with Gasteiger partial charge in [0.1, 0.15) is 0 Å². The molecule has 2 aromatic rings. The predicted octanol–water partition coefficient (Wildman–Crippen LogP) is 3.60. The number of alkyl halides is 3. The zero-order chi connectivity index (χ0) is 14.9. The maximum absolute atomic E-state index is 12.6. The number of nitrogens with zero attached hydrogens (tertiary/aromatic N) is 2. The molecule has 0 aliphatic heterocycles. The average molecular weight is 283 g/mol. The Morgan fingerprint density at radius 2 is 1.85 bits per heavy atom. The first-order chi connectivity index (χ1) is 9.36. The number of aromatic nitrogens is 2. The van der Waals surface area contributed by atoms with Crippen molar-refractivity contribution in [2.45, 2.75) is 32.9 Å². The first kappa shape index (κ1) is 14.4. The summed E-state index contributed by atoms with van der Waals surface area (Å²) in [5.41, 5.74) is 7.38. The van der Waals surface area contributed by atoms with Gasteiger partial charge in [-0.25, -0.2) is 4.68 Å². The molecule has 1 aromatic heterocycles. The normalized spacial score (nSPS) is 11.8. The van der Waals surface area contributed by atoms with Gasteiger partial charge in [-0.15, -0.1) is 0 Å². The Labute approximate surface area is 115 Å². The lowest BCUT2D eigenvalue weighted by atomic mass is 10.1. The molecule has 0 saturated carbocycles. The molecule has 0 unspecified atom stereocenters. The molecular formula is C14H16F3N3. The molecule has 0 amide bonds. The van der Waals surface area contributed by atoms with Gasteiger partial charge in [-0.05, 0) is 37.1 Å². The third kappa shape index (κ3) is 2.64. The summed E-state index contributed by atoms with van der Waals surface area (Å²) in [5.74, 6) is 0. The minimum atomic E-state index is -4.39. The number of nitrogen functional groups attached to an aromatic ring is 1. The molecule has 108 valence electrons. The summed E-state index contributed by atoms with van der Waals surface area (Å²) in [6.45, 7) is 3.94. The first-order valence-electron chi connectivity index (χ1n) is 6.41. The van der Waals surface area contributed by atoms with Crippen LogP contribution in [-0.2, 0) is 19.0 Å².